The molecule has 0 amide bonds. The highest BCUT2D eigenvalue weighted by molar-refractivity contribution is 14.1. The van der Waals surface area contributed by atoms with Gasteiger partial charge < -0.3 is 9.47 Å². The van der Waals surface area contributed by atoms with E-state index < -0.39 is 0 Å². The van der Waals surface area contributed by atoms with Crippen LogP contribution in [-0.2, 0) is 9.53 Å². The lowest BCUT2D eigenvalue weighted by atomic mass is 10.3. The van der Waals surface area contributed by atoms with E-state index in [9.17, 15) is 4.79 Å². The van der Waals surface area contributed by atoms with Gasteiger partial charge in [0.1, 0.15) is 19.0 Å². The van der Waals surface area contributed by atoms with E-state index in [4.69, 9.17) is 9.47 Å². The van der Waals surface area contributed by atoms with Crippen LogP contribution in [-0.4, -0.2) is 19.2 Å². The quantitative estimate of drug-likeness (QED) is 0.473. The highest BCUT2D eigenvalue weighted by Crippen LogP contribution is 2.19. The Hall–Kier alpha value is -1.04. The minimum Gasteiger partial charge on any atom is -0.488 e. The van der Waals surface area contributed by atoms with Crippen LogP contribution in [0, 0.1) is 3.57 Å². The lowest BCUT2D eigenvalue weighted by Crippen LogP contribution is -1.99. The summed E-state index contributed by atoms with van der Waals surface area (Å²) in [6, 6.07) is 7.80. The van der Waals surface area contributed by atoms with Gasteiger partial charge in [0.15, 0.2) is 0 Å². The Balaban J connectivity index is 2.25. The standard InChI is InChI=1S/C12H13IO3/c1-10(14)15-8-4-5-9-16-12-7-3-2-6-11(12)13/h2-7H,8-9H2,1H3/b5-4-. The van der Waals surface area contributed by atoms with Crippen LogP contribution in [0.15, 0.2) is 36.4 Å². The molecule has 0 saturated heterocycles. The van der Waals surface area contributed by atoms with Crippen molar-refractivity contribution in [2.75, 3.05) is 13.2 Å². The Labute approximate surface area is 109 Å². The van der Waals surface area contributed by atoms with E-state index in [1.807, 2.05) is 30.3 Å². The van der Waals surface area contributed by atoms with Gasteiger partial charge in [0, 0.05) is 6.92 Å². The van der Waals surface area contributed by atoms with Crippen LogP contribution in [0.3, 0.4) is 0 Å². The topological polar surface area (TPSA) is 35.5 Å². The van der Waals surface area contributed by atoms with E-state index in [0.29, 0.717) is 13.2 Å². The summed E-state index contributed by atoms with van der Waals surface area (Å²) in [7, 11) is 0. The van der Waals surface area contributed by atoms with Gasteiger partial charge in [-0.1, -0.05) is 12.1 Å². The van der Waals surface area contributed by atoms with Crippen molar-refractivity contribution in [3.63, 3.8) is 0 Å². The number of carbonyl (C=O) groups excluding carboxylic acids is 1. The van der Waals surface area contributed by atoms with Gasteiger partial charge in [-0.3, -0.25) is 4.79 Å². The molecule has 0 aliphatic heterocycles. The first-order chi connectivity index (χ1) is 7.70. The van der Waals surface area contributed by atoms with Crippen molar-refractivity contribution < 1.29 is 14.3 Å². The number of halogens is 1. The van der Waals surface area contributed by atoms with Crippen molar-refractivity contribution in [2.24, 2.45) is 0 Å². The van der Waals surface area contributed by atoms with Crippen LogP contribution < -0.4 is 4.74 Å². The molecule has 0 fully saturated rings. The molecule has 16 heavy (non-hydrogen) atoms. The first-order valence-corrected chi connectivity index (χ1v) is 5.93. The third-order valence-electron chi connectivity index (χ3n) is 1.72. The molecule has 0 saturated carbocycles. The number of hydrogen-bond donors (Lipinski definition) is 0. The van der Waals surface area contributed by atoms with E-state index in [-0.39, 0.29) is 5.97 Å². The van der Waals surface area contributed by atoms with Gasteiger partial charge in [0.25, 0.3) is 0 Å². The third kappa shape index (κ3) is 5.16. The third-order valence-corrected chi connectivity index (χ3v) is 2.61. The first-order valence-electron chi connectivity index (χ1n) is 4.86. The maximum Gasteiger partial charge on any atom is 0.302 e. The van der Waals surface area contributed by atoms with Gasteiger partial charge >= 0.3 is 5.97 Å². The second kappa shape index (κ2) is 7.27. The molecule has 1 aromatic rings. The number of benzene rings is 1. The van der Waals surface area contributed by atoms with E-state index in [1.165, 1.54) is 6.92 Å². The molecular formula is C12H13IO3. The number of esters is 1. The maximum absolute atomic E-state index is 10.5. The van der Waals surface area contributed by atoms with Crippen molar-refractivity contribution in [3.05, 3.63) is 40.0 Å². The van der Waals surface area contributed by atoms with Gasteiger partial charge in [0.2, 0.25) is 0 Å². The summed E-state index contributed by atoms with van der Waals surface area (Å²) in [6.07, 6.45) is 3.59. The lowest BCUT2D eigenvalue weighted by Gasteiger charge is -2.04. The van der Waals surface area contributed by atoms with E-state index in [0.717, 1.165) is 9.32 Å². The summed E-state index contributed by atoms with van der Waals surface area (Å²) in [5.41, 5.74) is 0. The molecule has 86 valence electrons. The van der Waals surface area contributed by atoms with E-state index >= 15 is 0 Å². The summed E-state index contributed by atoms with van der Waals surface area (Å²) in [5.74, 6) is 0.586. The molecule has 3 nitrogen and oxygen atoms in total. The predicted molar refractivity (Wildman–Crippen MR) is 70.4 cm³/mol. The monoisotopic (exact) mass is 332 g/mol. The molecule has 0 spiro atoms. The SMILES string of the molecule is CC(=O)OC/C=C\COc1ccccc1I. The predicted octanol–water partition coefficient (Wildman–Crippen LogP) is 2.79. The molecule has 0 atom stereocenters. The van der Waals surface area contributed by atoms with Gasteiger partial charge in [-0.15, -0.1) is 0 Å². The molecule has 1 rings (SSSR count). The van der Waals surface area contributed by atoms with Crippen molar-refractivity contribution in [3.8, 4) is 5.75 Å². The molecule has 0 radical (unpaired) electrons. The first kappa shape index (κ1) is 13.0. The number of rotatable bonds is 5. The molecule has 0 aromatic heterocycles. The zero-order chi connectivity index (χ0) is 11.8. The van der Waals surface area contributed by atoms with Gasteiger partial charge in [-0.2, -0.15) is 0 Å². The maximum atomic E-state index is 10.5. The molecule has 0 aliphatic rings. The Kier molecular flexibility index (Phi) is 5.92. The highest BCUT2D eigenvalue weighted by atomic mass is 127. The molecular weight excluding hydrogens is 319 g/mol. The zero-order valence-electron chi connectivity index (χ0n) is 8.98. The normalized spacial score (nSPS) is 10.4. The lowest BCUT2D eigenvalue weighted by molar-refractivity contribution is -0.139. The minimum absolute atomic E-state index is 0.275. The molecule has 1 aromatic carbocycles. The Morgan fingerprint density at radius 3 is 2.69 bits per heavy atom. The fourth-order valence-electron chi connectivity index (χ4n) is 1.00. The smallest absolute Gasteiger partial charge is 0.302 e. The Morgan fingerprint density at radius 1 is 1.31 bits per heavy atom. The van der Waals surface area contributed by atoms with Gasteiger partial charge in [0.05, 0.1) is 3.57 Å². The summed E-state index contributed by atoms with van der Waals surface area (Å²) >= 11 is 2.22. The van der Waals surface area contributed by atoms with Gasteiger partial charge in [-0.25, -0.2) is 0 Å². The Bertz CT molecular complexity index is 374. The molecule has 0 aliphatic carbocycles. The zero-order valence-corrected chi connectivity index (χ0v) is 11.1. The van der Waals surface area contributed by atoms with E-state index in [2.05, 4.69) is 22.6 Å². The van der Waals surface area contributed by atoms with Crippen molar-refractivity contribution >= 4 is 28.6 Å². The molecule has 4 heteroatoms. The van der Waals surface area contributed by atoms with Crippen molar-refractivity contribution in [2.45, 2.75) is 6.92 Å². The second-order valence-electron chi connectivity index (χ2n) is 3.02. The summed E-state index contributed by atoms with van der Waals surface area (Å²) < 4.78 is 11.3. The number of para-hydroxylation sites is 1. The van der Waals surface area contributed by atoms with Crippen LogP contribution >= 0.6 is 22.6 Å². The fourth-order valence-corrected chi connectivity index (χ4v) is 1.54. The average Bonchev–Trinajstić information content (AvgIpc) is 2.25. The molecule has 0 unspecified atom stereocenters. The van der Waals surface area contributed by atoms with E-state index in [1.54, 1.807) is 6.08 Å². The minimum atomic E-state index is -0.275. The second-order valence-corrected chi connectivity index (χ2v) is 4.18. The average molecular weight is 332 g/mol. The van der Waals surface area contributed by atoms with Crippen LogP contribution in [0.1, 0.15) is 6.92 Å². The Morgan fingerprint density at radius 2 is 2.00 bits per heavy atom. The van der Waals surface area contributed by atoms with Crippen LogP contribution in [0.25, 0.3) is 0 Å². The summed E-state index contributed by atoms with van der Waals surface area (Å²) in [4.78, 5) is 10.5. The fraction of sp³-hybridized carbons (Fsp3) is 0.250. The van der Waals surface area contributed by atoms with Crippen molar-refractivity contribution in [1.29, 1.82) is 0 Å². The van der Waals surface area contributed by atoms with Crippen LogP contribution in [0.4, 0.5) is 0 Å². The number of ether oxygens (including phenoxy) is 2. The van der Waals surface area contributed by atoms with Crippen LogP contribution in [0.5, 0.6) is 5.75 Å². The van der Waals surface area contributed by atoms with Crippen molar-refractivity contribution in [1.82, 2.24) is 0 Å². The largest absolute Gasteiger partial charge is 0.488 e. The number of hydrogen-bond acceptors (Lipinski definition) is 3. The highest BCUT2D eigenvalue weighted by Gasteiger charge is 1.96. The molecule has 0 N–H and O–H groups in total. The summed E-state index contributed by atoms with van der Waals surface area (Å²) in [6.45, 7) is 2.16. The summed E-state index contributed by atoms with van der Waals surface area (Å²) in [5, 5.41) is 0. The molecule has 0 bridgehead atoms. The van der Waals surface area contributed by atoms with Gasteiger partial charge in [-0.05, 0) is 46.9 Å². The number of carbonyl (C=O) groups is 1. The molecule has 0 heterocycles. The van der Waals surface area contributed by atoms with Crippen LogP contribution in [0.2, 0.25) is 0 Å².